The minimum Gasteiger partial charge on any atom is -0.487 e. The second-order valence-corrected chi connectivity index (χ2v) is 11.7. The first-order valence-electron chi connectivity index (χ1n) is 10.8. The van der Waals surface area contributed by atoms with Gasteiger partial charge in [0.15, 0.2) is 15.6 Å². The Labute approximate surface area is 205 Å². The summed E-state index contributed by atoms with van der Waals surface area (Å²) >= 11 is 6.10. The van der Waals surface area contributed by atoms with Crippen LogP contribution in [0.15, 0.2) is 64.4 Å². The van der Waals surface area contributed by atoms with E-state index in [0.29, 0.717) is 28.4 Å². The van der Waals surface area contributed by atoms with E-state index in [1.807, 2.05) is 27.7 Å². The fourth-order valence-electron chi connectivity index (χ4n) is 3.12. The van der Waals surface area contributed by atoms with Gasteiger partial charge in [-0.1, -0.05) is 36.7 Å². The molecule has 0 fully saturated rings. The number of aromatic nitrogens is 2. The first-order valence-corrected chi connectivity index (χ1v) is 13.1. The molecular formula is C25H29ClN2O5S. The molecule has 0 amide bonds. The van der Waals surface area contributed by atoms with E-state index < -0.39 is 15.4 Å². The van der Waals surface area contributed by atoms with Crippen molar-refractivity contribution in [2.75, 3.05) is 19.5 Å². The second-order valence-electron chi connectivity index (χ2n) is 9.22. The zero-order valence-electron chi connectivity index (χ0n) is 19.9. The van der Waals surface area contributed by atoms with Crippen LogP contribution in [0.3, 0.4) is 0 Å². The Morgan fingerprint density at radius 1 is 1.09 bits per heavy atom. The summed E-state index contributed by atoms with van der Waals surface area (Å²) in [7, 11) is -3.35. The minimum atomic E-state index is -3.35. The molecule has 1 heterocycles. The molecule has 0 aliphatic heterocycles. The van der Waals surface area contributed by atoms with Crippen LogP contribution in [0, 0.1) is 5.92 Å². The van der Waals surface area contributed by atoms with Gasteiger partial charge in [-0.25, -0.2) is 8.42 Å². The average molecular weight is 505 g/mol. The van der Waals surface area contributed by atoms with E-state index >= 15 is 0 Å². The van der Waals surface area contributed by atoms with Crippen molar-refractivity contribution in [3.63, 3.8) is 0 Å². The lowest BCUT2D eigenvalue weighted by Crippen LogP contribution is -2.27. The van der Waals surface area contributed by atoms with E-state index in [-0.39, 0.29) is 28.8 Å². The highest BCUT2D eigenvalue weighted by Gasteiger charge is 2.19. The number of nitrogens with zero attached hydrogens (tertiary/aromatic N) is 2. The van der Waals surface area contributed by atoms with E-state index in [1.165, 1.54) is 23.0 Å². The van der Waals surface area contributed by atoms with Crippen LogP contribution in [0.5, 0.6) is 5.75 Å². The fourth-order valence-corrected chi connectivity index (χ4v) is 3.94. The number of ether oxygens (including phenoxy) is 2. The molecule has 3 aromatic rings. The Hall–Kier alpha value is -2.68. The van der Waals surface area contributed by atoms with E-state index in [1.54, 1.807) is 36.4 Å². The molecule has 3 rings (SSSR count). The molecule has 2 aromatic carbocycles. The van der Waals surface area contributed by atoms with Gasteiger partial charge in [-0.3, -0.25) is 4.79 Å². The van der Waals surface area contributed by atoms with Crippen LogP contribution in [0.4, 0.5) is 0 Å². The van der Waals surface area contributed by atoms with Crippen molar-refractivity contribution in [3.05, 3.63) is 70.1 Å². The summed E-state index contributed by atoms with van der Waals surface area (Å²) in [5.74, 6) is 0.136. The molecule has 7 nitrogen and oxygen atoms in total. The molecule has 34 heavy (non-hydrogen) atoms. The third-order valence-electron chi connectivity index (χ3n) is 4.89. The normalized spacial score (nSPS) is 13.0. The highest BCUT2D eigenvalue weighted by molar-refractivity contribution is 7.90. The van der Waals surface area contributed by atoms with Crippen molar-refractivity contribution in [1.29, 1.82) is 0 Å². The van der Waals surface area contributed by atoms with Crippen LogP contribution < -0.4 is 10.3 Å². The number of benzene rings is 2. The van der Waals surface area contributed by atoms with Crippen molar-refractivity contribution in [3.8, 4) is 22.6 Å². The summed E-state index contributed by atoms with van der Waals surface area (Å²) in [6.07, 6.45) is 2.68. The zero-order chi connectivity index (χ0) is 25.1. The molecule has 1 atom stereocenters. The number of halogens is 1. The third kappa shape index (κ3) is 6.68. The molecule has 0 radical (unpaired) electrons. The Morgan fingerprint density at radius 3 is 2.35 bits per heavy atom. The first kappa shape index (κ1) is 25.9. The molecule has 9 heteroatoms. The summed E-state index contributed by atoms with van der Waals surface area (Å²) in [5.41, 5.74) is 0.856. The van der Waals surface area contributed by atoms with Crippen LogP contribution >= 0.6 is 11.6 Å². The van der Waals surface area contributed by atoms with E-state index in [0.717, 1.165) is 6.26 Å². The standard InChI is InChI=1S/C25H29ClN2O5S/c1-17(16-33-25(2,3)4)15-32-23-22(18-9-11-21(12-10-18)34(5,30)31)14-27-28(24(23)29)20-8-6-7-19(26)13-20/h6-14,17H,15-16H2,1-5H3/t17-/m0/s1. The molecule has 1 aromatic heterocycles. The number of hydrogen-bond acceptors (Lipinski definition) is 6. The van der Waals surface area contributed by atoms with Gasteiger partial charge in [-0.15, -0.1) is 0 Å². The Morgan fingerprint density at radius 2 is 1.76 bits per heavy atom. The summed E-state index contributed by atoms with van der Waals surface area (Å²) in [6.45, 7) is 8.62. The third-order valence-corrected chi connectivity index (χ3v) is 6.26. The second kappa shape index (κ2) is 10.3. The molecule has 0 saturated carbocycles. The Balaban J connectivity index is 2.01. The Kier molecular flexibility index (Phi) is 7.85. The molecule has 0 aliphatic carbocycles. The maximum Gasteiger partial charge on any atom is 0.314 e. The van der Waals surface area contributed by atoms with Gasteiger partial charge in [0.25, 0.3) is 0 Å². The predicted octanol–water partition coefficient (Wildman–Crippen LogP) is 4.79. The highest BCUT2D eigenvalue weighted by Crippen LogP contribution is 2.28. The SMILES string of the molecule is C[C@@H](COc1c(-c2ccc(S(C)(=O)=O)cc2)cnn(-c2cccc(Cl)c2)c1=O)COC(C)(C)C. The number of rotatable bonds is 8. The van der Waals surface area contributed by atoms with Crippen molar-refractivity contribution in [2.24, 2.45) is 5.92 Å². The van der Waals surface area contributed by atoms with E-state index in [9.17, 15) is 13.2 Å². The van der Waals surface area contributed by atoms with Gasteiger partial charge in [-0.05, 0) is 56.7 Å². The van der Waals surface area contributed by atoms with Gasteiger partial charge >= 0.3 is 5.56 Å². The van der Waals surface area contributed by atoms with Crippen molar-refractivity contribution in [1.82, 2.24) is 9.78 Å². The smallest absolute Gasteiger partial charge is 0.314 e. The van der Waals surface area contributed by atoms with E-state index in [4.69, 9.17) is 21.1 Å². The monoisotopic (exact) mass is 504 g/mol. The lowest BCUT2D eigenvalue weighted by atomic mass is 10.1. The Bertz CT molecular complexity index is 1310. The topological polar surface area (TPSA) is 87.5 Å². The van der Waals surface area contributed by atoms with E-state index in [2.05, 4.69) is 5.10 Å². The maximum atomic E-state index is 13.4. The number of hydrogen-bond donors (Lipinski definition) is 0. The van der Waals surface area contributed by atoms with Crippen molar-refractivity contribution in [2.45, 2.75) is 38.2 Å². The summed E-state index contributed by atoms with van der Waals surface area (Å²) in [6, 6.07) is 13.1. The lowest BCUT2D eigenvalue weighted by molar-refractivity contribution is -0.0258. The van der Waals surface area contributed by atoms with Crippen molar-refractivity contribution < 1.29 is 17.9 Å². The maximum absolute atomic E-state index is 13.4. The summed E-state index contributed by atoms with van der Waals surface area (Å²) < 4.78 is 36.7. The van der Waals surface area contributed by atoms with Gasteiger partial charge in [-0.2, -0.15) is 9.78 Å². The van der Waals surface area contributed by atoms with Crippen molar-refractivity contribution >= 4 is 21.4 Å². The molecule has 0 bridgehead atoms. The largest absolute Gasteiger partial charge is 0.487 e. The van der Waals surface area contributed by atoms with Gasteiger partial charge < -0.3 is 9.47 Å². The molecule has 0 saturated heterocycles. The van der Waals surface area contributed by atoms with Gasteiger partial charge in [0.1, 0.15) is 0 Å². The van der Waals surface area contributed by atoms with Gasteiger partial charge in [0.05, 0.1) is 35.6 Å². The molecule has 0 unspecified atom stereocenters. The molecule has 182 valence electrons. The lowest BCUT2D eigenvalue weighted by Gasteiger charge is -2.23. The average Bonchev–Trinajstić information content (AvgIpc) is 2.75. The highest BCUT2D eigenvalue weighted by atomic mass is 35.5. The zero-order valence-corrected chi connectivity index (χ0v) is 21.5. The van der Waals surface area contributed by atoms with Gasteiger partial charge in [0.2, 0.25) is 0 Å². The number of sulfone groups is 1. The van der Waals surface area contributed by atoms with Crippen LogP contribution in [-0.2, 0) is 14.6 Å². The molecule has 0 N–H and O–H groups in total. The van der Waals surface area contributed by atoms with Crippen LogP contribution in [0.25, 0.3) is 16.8 Å². The van der Waals surface area contributed by atoms with Gasteiger partial charge in [0, 0.05) is 22.8 Å². The minimum absolute atomic E-state index is 0.0203. The van der Waals surface area contributed by atoms with Crippen LogP contribution in [0.2, 0.25) is 5.02 Å². The summed E-state index contributed by atoms with van der Waals surface area (Å²) in [5, 5.41) is 4.79. The molecular weight excluding hydrogens is 476 g/mol. The molecule has 0 spiro atoms. The molecule has 0 aliphatic rings. The first-order chi connectivity index (χ1) is 15.8. The van der Waals surface area contributed by atoms with Crippen LogP contribution in [-0.4, -0.2) is 43.3 Å². The fraction of sp³-hybridized carbons (Fsp3) is 0.360. The van der Waals surface area contributed by atoms with Crippen LogP contribution in [0.1, 0.15) is 27.7 Å². The predicted molar refractivity (Wildman–Crippen MR) is 134 cm³/mol. The quantitative estimate of drug-likeness (QED) is 0.438. The summed E-state index contributed by atoms with van der Waals surface area (Å²) in [4.78, 5) is 13.6.